The van der Waals surface area contributed by atoms with Crippen molar-refractivity contribution >= 4 is 23.4 Å². The van der Waals surface area contributed by atoms with Gasteiger partial charge in [0, 0.05) is 11.4 Å². The van der Waals surface area contributed by atoms with E-state index in [1.54, 1.807) is 6.92 Å². The summed E-state index contributed by atoms with van der Waals surface area (Å²) in [7, 11) is 0. The molecule has 1 aliphatic heterocycles. The third-order valence-corrected chi connectivity index (χ3v) is 7.68. The summed E-state index contributed by atoms with van der Waals surface area (Å²) < 4.78 is 5.14. The number of hydrogen-bond acceptors (Lipinski definition) is 5. The first-order valence-corrected chi connectivity index (χ1v) is 12.5. The molecule has 0 bridgehead atoms. The van der Waals surface area contributed by atoms with Crippen LogP contribution >= 0.6 is 11.8 Å². The third-order valence-electron chi connectivity index (χ3n) is 6.47. The number of aryl methyl sites for hydroxylation is 1. The van der Waals surface area contributed by atoms with Crippen molar-refractivity contribution in [2.75, 3.05) is 18.1 Å². The molecule has 1 heterocycles. The van der Waals surface area contributed by atoms with Crippen molar-refractivity contribution in [1.29, 1.82) is 5.26 Å². The number of esters is 1. The van der Waals surface area contributed by atoms with Gasteiger partial charge in [0.2, 0.25) is 0 Å². The number of benzene rings is 1. The van der Waals surface area contributed by atoms with Crippen LogP contribution in [0.2, 0.25) is 0 Å². The Balaban J connectivity index is 1.74. The maximum Gasteiger partial charge on any atom is 0.349 e. The summed E-state index contributed by atoms with van der Waals surface area (Å²) in [5, 5.41) is 10.9. The molecule has 0 spiro atoms. The van der Waals surface area contributed by atoms with Gasteiger partial charge in [-0.25, -0.2) is 4.79 Å². The maximum atomic E-state index is 12.4. The monoisotopic (exact) mass is 448 g/mol. The molecule has 168 valence electrons. The summed E-state index contributed by atoms with van der Waals surface area (Å²) in [4.78, 5) is 16.2. The summed E-state index contributed by atoms with van der Waals surface area (Å²) >= 11 is 1.88. The SMILES string of the molecule is CCOC(=O)/C(C#N)=C1C=C(/C=C2\Sc3c(ccc4c3CCCC4)N2CC)CC(C)(C)C/1. The number of carbonyl (C=O) groups is 1. The van der Waals surface area contributed by atoms with Gasteiger partial charge >= 0.3 is 5.97 Å². The molecule has 4 nitrogen and oxygen atoms in total. The van der Waals surface area contributed by atoms with Gasteiger partial charge in [-0.3, -0.25) is 0 Å². The van der Waals surface area contributed by atoms with Gasteiger partial charge in [0.05, 0.1) is 17.3 Å². The molecule has 1 aromatic carbocycles. The zero-order valence-electron chi connectivity index (χ0n) is 19.6. The lowest BCUT2D eigenvalue weighted by atomic mass is 9.74. The van der Waals surface area contributed by atoms with Crippen LogP contribution in [0.4, 0.5) is 5.69 Å². The van der Waals surface area contributed by atoms with E-state index in [-0.39, 0.29) is 17.6 Å². The van der Waals surface area contributed by atoms with Gasteiger partial charge in [0.25, 0.3) is 0 Å². The van der Waals surface area contributed by atoms with Crippen molar-refractivity contribution in [3.8, 4) is 6.07 Å². The number of allylic oxidation sites excluding steroid dienone is 4. The number of hydrogen-bond donors (Lipinski definition) is 0. The highest BCUT2D eigenvalue weighted by Crippen LogP contribution is 2.51. The minimum atomic E-state index is -0.518. The number of carbonyl (C=O) groups excluding carboxylic acids is 1. The van der Waals surface area contributed by atoms with E-state index in [1.807, 2.05) is 17.8 Å². The lowest BCUT2D eigenvalue weighted by molar-refractivity contribution is -0.138. The first kappa shape index (κ1) is 22.7. The quantitative estimate of drug-likeness (QED) is 0.300. The van der Waals surface area contributed by atoms with E-state index in [0.29, 0.717) is 6.42 Å². The average Bonchev–Trinajstić information content (AvgIpc) is 3.10. The minimum Gasteiger partial charge on any atom is -0.462 e. The predicted octanol–water partition coefficient (Wildman–Crippen LogP) is 6.47. The fourth-order valence-corrected chi connectivity index (χ4v) is 6.54. The Morgan fingerprint density at radius 2 is 2.03 bits per heavy atom. The molecule has 2 aliphatic carbocycles. The Bertz CT molecular complexity index is 1070. The molecule has 0 amide bonds. The van der Waals surface area contributed by atoms with Gasteiger partial charge in [-0.2, -0.15) is 5.26 Å². The molecule has 0 unspecified atom stereocenters. The molecular weight excluding hydrogens is 416 g/mol. The van der Waals surface area contributed by atoms with E-state index in [1.165, 1.54) is 52.4 Å². The van der Waals surface area contributed by atoms with Crippen molar-refractivity contribution in [2.24, 2.45) is 5.41 Å². The van der Waals surface area contributed by atoms with Gasteiger partial charge in [0.1, 0.15) is 11.6 Å². The maximum absolute atomic E-state index is 12.4. The van der Waals surface area contributed by atoms with E-state index in [4.69, 9.17) is 4.74 Å². The Morgan fingerprint density at radius 3 is 2.75 bits per heavy atom. The molecule has 5 heteroatoms. The Kier molecular flexibility index (Phi) is 6.53. The molecule has 0 N–H and O–H groups in total. The van der Waals surface area contributed by atoms with E-state index in [2.05, 4.69) is 49.9 Å². The number of thioether (sulfide) groups is 1. The van der Waals surface area contributed by atoms with Crippen LogP contribution in [0.3, 0.4) is 0 Å². The fraction of sp³-hybridized carbons (Fsp3) is 0.481. The summed E-state index contributed by atoms with van der Waals surface area (Å²) in [5.74, 6) is -0.518. The number of rotatable bonds is 4. The Hall–Kier alpha value is -2.45. The van der Waals surface area contributed by atoms with Crippen molar-refractivity contribution in [3.05, 3.63) is 57.2 Å². The summed E-state index contributed by atoms with van der Waals surface area (Å²) in [6.45, 7) is 9.54. The summed E-state index contributed by atoms with van der Waals surface area (Å²) in [6, 6.07) is 6.71. The highest BCUT2D eigenvalue weighted by molar-refractivity contribution is 8.03. The van der Waals surface area contributed by atoms with E-state index >= 15 is 0 Å². The first-order valence-electron chi connectivity index (χ1n) is 11.7. The van der Waals surface area contributed by atoms with Crippen molar-refractivity contribution in [3.63, 3.8) is 0 Å². The lowest BCUT2D eigenvalue weighted by Crippen LogP contribution is -2.21. The standard InChI is InChI=1S/C27H32N2O2S/c1-5-29-23-12-11-19-9-7-8-10-21(19)25(23)32-24(29)14-18-13-20(16-27(3,4)15-18)22(17-28)26(30)31-6-2/h11-14H,5-10,15-16H2,1-4H3/b22-20-,24-14-. The first-order chi connectivity index (χ1) is 15.4. The van der Waals surface area contributed by atoms with Crippen LogP contribution < -0.4 is 4.90 Å². The van der Waals surface area contributed by atoms with Crippen molar-refractivity contribution in [1.82, 2.24) is 0 Å². The van der Waals surface area contributed by atoms with E-state index in [9.17, 15) is 10.1 Å². The summed E-state index contributed by atoms with van der Waals surface area (Å²) in [6.07, 6.45) is 10.8. The fourth-order valence-electron chi connectivity index (χ4n) is 5.14. The van der Waals surface area contributed by atoms with Crippen LogP contribution in [0.15, 0.2) is 50.9 Å². The molecule has 1 aromatic rings. The van der Waals surface area contributed by atoms with E-state index < -0.39 is 5.97 Å². The zero-order valence-corrected chi connectivity index (χ0v) is 20.4. The molecule has 0 radical (unpaired) electrons. The average molecular weight is 449 g/mol. The number of nitriles is 1. The molecule has 0 fully saturated rings. The molecule has 0 atom stereocenters. The second-order valence-corrected chi connectivity index (χ2v) is 10.6. The topological polar surface area (TPSA) is 53.3 Å². The molecule has 32 heavy (non-hydrogen) atoms. The molecule has 0 aromatic heterocycles. The van der Waals surface area contributed by atoms with Crippen molar-refractivity contribution < 1.29 is 9.53 Å². The zero-order chi connectivity index (χ0) is 22.9. The lowest BCUT2D eigenvalue weighted by Gasteiger charge is -2.31. The number of anilines is 1. The van der Waals surface area contributed by atoms with Gasteiger partial charge in [-0.1, -0.05) is 37.8 Å². The van der Waals surface area contributed by atoms with Crippen LogP contribution in [0.25, 0.3) is 0 Å². The second kappa shape index (κ2) is 9.19. The molecule has 0 saturated heterocycles. The van der Waals surface area contributed by atoms with Crippen molar-refractivity contribution in [2.45, 2.75) is 71.1 Å². The van der Waals surface area contributed by atoms with Gasteiger partial charge in [-0.05, 0) is 92.2 Å². The van der Waals surface area contributed by atoms with Gasteiger partial charge in [-0.15, -0.1) is 0 Å². The van der Waals surface area contributed by atoms with Gasteiger partial charge in [0.15, 0.2) is 0 Å². The smallest absolute Gasteiger partial charge is 0.349 e. The molecule has 4 rings (SSSR count). The predicted molar refractivity (Wildman–Crippen MR) is 130 cm³/mol. The highest BCUT2D eigenvalue weighted by atomic mass is 32.2. The minimum absolute atomic E-state index is 0.0304. The number of ether oxygens (including phenoxy) is 1. The van der Waals surface area contributed by atoms with Crippen LogP contribution in [-0.4, -0.2) is 19.1 Å². The third kappa shape index (κ3) is 4.38. The molecule has 0 saturated carbocycles. The van der Waals surface area contributed by atoms with Gasteiger partial charge < -0.3 is 9.64 Å². The Morgan fingerprint density at radius 1 is 1.25 bits per heavy atom. The molecular formula is C27H32N2O2S. The number of nitrogens with zero attached hydrogens (tertiary/aromatic N) is 2. The van der Waals surface area contributed by atoms with Crippen LogP contribution in [0.1, 0.15) is 64.5 Å². The van der Waals surface area contributed by atoms with E-state index in [0.717, 1.165) is 24.1 Å². The second-order valence-electron chi connectivity index (χ2n) is 9.56. The van der Waals surface area contributed by atoms with Crippen LogP contribution in [0, 0.1) is 16.7 Å². The summed E-state index contributed by atoms with van der Waals surface area (Å²) in [5.41, 5.74) is 6.42. The highest BCUT2D eigenvalue weighted by Gasteiger charge is 2.32. The Labute approximate surface area is 196 Å². The van der Waals surface area contributed by atoms with Crippen LogP contribution in [0.5, 0.6) is 0 Å². The molecule has 3 aliphatic rings. The largest absolute Gasteiger partial charge is 0.462 e. The van der Waals surface area contributed by atoms with Crippen LogP contribution in [-0.2, 0) is 22.4 Å². The normalized spacial score (nSPS) is 22.0. The number of fused-ring (bicyclic) bond motifs is 3.